The number of amides is 1. The van der Waals surface area contributed by atoms with Crippen molar-refractivity contribution in [3.8, 4) is 22.3 Å². The molecule has 8 aromatic carbocycles. The molecule has 0 atom stereocenters. The number of nitro groups is 4. The number of hydrogen-bond acceptors (Lipinski definition) is 13. The van der Waals surface area contributed by atoms with E-state index in [0.29, 0.717) is 19.5 Å². The molecule has 0 heterocycles. The van der Waals surface area contributed by atoms with Crippen molar-refractivity contribution in [3.63, 3.8) is 0 Å². The van der Waals surface area contributed by atoms with Crippen LogP contribution in [0.25, 0.3) is 22.3 Å². The molecule has 1 amide bonds. The van der Waals surface area contributed by atoms with Gasteiger partial charge in [-0.2, -0.15) is 0 Å². The van der Waals surface area contributed by atoms with Gasteiger partial charge in [-0.25, -0.2) is 9.59 Å². The lowest BCUT2D eigenvalue weighted by molar-refractivity contribution is -0.385. The minimum atomic E-state index is -0.753. The molecule has 0 fully saturated rings. The first kappa shape index (κ1) is 55.6. The highest BCUT2D eigenvalue weighted by molar-refractivity contribution is 6.61. The van der Waals surface area contributed by atoms with E-state index in [9.17, 15) is 50.0 Å². The standard InChI is InChI=1S/C30H25N3O6.C15H11ClO2.C15H15N3O4/c34-30(39-20-29-27-7-3-1-5-25(27)26-6-2-4-8-28(26)29)31(19-22-11-15-24(16-12-22)33(37)38)18-17-21-9-13-23(14-10-21)32(35)36;16-15(17)18-9-14-12-7-3-1-5-10(12)11-6-2-4-8-13(11)14;19-17(20)14-5-1-12(2-6-14)9-10-16-11-13-3-7-15(8-4-13)18(21)22/h1-16,29H,17-20H2;1-8,14H,9H2;1-8,16H,9-11H2. The Morgan fingerprint density at radius 2 is 0.772 bits per heavy atom. The summed E-state index contributed by atoms with van der Waals surface area (Å²) < 4.78 is 10.8. The van der Waals surface area contributed by atoms with Crippen LogP contribution in [0, 0.1) is 40.5 Å². The summed E-state index contributed by atoms with van der Waals surface area (Å²) in [6.45, 7) is 2.28. The Balaban J connectivity index is 0.000000173. The van der Waals surface area contributed by atoms with Crippen LogP contribution in [-0.2, 0) is 35.4 Å². The minimum absolute atomic E-state index is 0.00183. The zero-order valence-corrected chi connectivity index (χ0v) is 43.1. The molecular formula is C60H51ClN6O12. The number of benzene rings is 8. The third kappa shape index (κ3) is 14.4. The first-order valence-corrected chi connectivity index (χ1v) is 25.4. The minimum Gasteiger partial charge on any atom is -0.453 e. The number of ether oxygens (including phenoxy) is 2. The number of fused-ring (bicyclic) bond motifs is 6. The monoisotopic (exact) mass is 1080 g/mol. The van der Waals surface area contributed by atoms with E-state index >= 15 is 0 Å². The molecule has 18 nitrogen and oxygen atoms in total. The molecule has 0 saturated heterocycles. The van der Waals surface area contributed by atoms with Crippen molar-refractivity contribution in [1.29, 1.82) is 0 Å². The molecule has 10 rings (SSSR count). The lowest BCUT2D eigenvalue weighted by atomic mass is 9.98. The number of nitro benzene ring substituents is 4. The quantitative estimate of drug-likeness (QED) is 0.0364. The van der Waals surface area contributed by atoms with Gasteiger partial charge in [0.15, 0.2) is 0 Å². The van der Waals surface area contributed by atoms with Gasteiger partial charge in [0.2, 0.25) is 0 Å². The molecule has 0 aliphatic heterocycles. The molecule has 2 aliphatic carbocycles. The Hall–Kier alpha value is -9.65. The number of carbonyl (C=O) groups excluding carboxylic acids is 2. The molecule has 1 N–H and O–H groups in total. The maximum absolute atomic E-state index is 13.4. The summed E-state index contributed by atoms with van der Waals surface area (Å²) in [4.78, 5) is 67.0. The van der Waals surface area contributed by atoms with E-state index < -0.39 is 31.2 Å². The van der Waals surface area contributed by atoms with Crippen molar-refractivity contribution in [3.05, 3.63) is 279 Å². The number of halogens is 1. The molecule has 79 heavy (non-hydrogen) atoms. The average molecular weight is 1080 g/mol. The van der Waals surface area contributed by atoms with Crippen molar-refractivity contribution >= 4 is 45.9 Å². The third-order valence-corrected chi connectivity index (χ3v) is 13.6. The summed E-state index contributed by atoms with van der Waals surface area (Å²) in [6, 6.07) is 57.7. The predicted molar refractivity (Wildman–Crippen MR) is 298 cm³/mol. The second-order valence-corrected chi connectivity index (χ2v) is 18.7. The number of rotatable bonds is 18. The van der Waals surface area contributed by atoms with Gasteiger partial charge < -0.3 is 19.7 Å². The summed E-state index contributed by atoms with van der Waals surface area (Å²) in [5.41, 5.74) is 12.2. The van der Waals surface area contributed by atoms with Crippen molar-refractivity contribution < 1.29 is 38.8 Å². The lowest BCUT2D eigenvalue weighted by Crippen LogP contribution is -2.34. The highest BCUT2D eigenvalue weighted by atomic mass is 35.5. The maximum atomic E-state index is 13.4. The smallest absolute Gasteiger partial charge is 0.410 e. The van der Waals surface area contributed by atoms with E-state index in [1.54, 1.807) is 53.4 Å². The average Bonchev–Trinajstić information content (AvgIpc) is 4.23. The van der Waals surface area contributed by atoms with Gasteiger partial charge in [0.1, 0.15) is 13.2 Å². The Bertz CT molecular complexity index is 3320. The van der Waals surface area contributed by atoms with E-state index in [1.807, 2.05) is 48.5 Å². The summed E-state index contributed by atoms with van der Waals surface area (Å²) in [7, 11) is 0. The predicted octanol–water partition coefficient (Wildman–Crippen LogP) is 13.5. The fourth-order valence-corrected chi connectivity index (χ4v) is 9.55. The Morgan fingerprint density at radius 1 is 0.443 bits per heavy atom. The molecule has 0 bridgehead atoms. The largest absolute Gasteiger partial charge is 0.453 e. The van der Waals surface area contributed by atoms with Gasteiger partial charge in [0.05, 0.1) is 19.7 Å². The van der Waals surface area contributed by atoms with E-state index in [4.69, 9.17) is 21.1 Å². The Morgan fingerprint density at radius 3 is 1.14 bits per heavy atom. The van der Waals surface area contributed by atoms with Gasteiger partial charge >= 0.3 is 11.5 Å². The number of nitrogens with one attached hydrogen (secondary N) is 1. The van der Waals surface area contributed by atoms with Crippen LogP contribution in [0.5, 0.6) is 0 Å². The first-order valence-electron chi connectivity index (χ1n) is 25.0. The van der Waals surface area contributed by atoms with Crippen LogP contribution in [0.3, 0.4) is 0 Å². The Kier molecular flexibility index (Phi) is 18.6. The van der Waals surface area contributed by atoms with Gasteiger partial charge in [0, 0.05) is 91.6 Å². The van der Waals surface area contributed by atoms with E-state index in [2.05, 4.69) is 53.8 Å². The van der Waals surface area contributed by atoms with Gasteiger partial charge in [-0.1, -0.05) is 146 Å². The maximum Gasteiger partial charge on any atom is 0.410 e. The van der Waals surface area contributed by atoms with Crippen LogP contribution in [-0.4, -0.2) is 62.4 Å². The first-order chi connectivity index (χ1) is 38.2. The second-order valence-electron chi connectivity index (χ2n) is 18.4. The molecule has 400 valence electrons. The summed E-state index contributed by atoms with van der Waals surface area (Å²) in [6.07, 6.45) is 0.706. The van der Waals surface area contributed by atoms with Crippen molar-refractivity contribution in [2.24, 2.45) is 0 Å². The highest BCUT2D eigenvalue weighted by Gasteiger charge is 2.31. The number of nitrogens with zero attached hydrogens (tertiary/aromatic N) is 5. The zero-order chi connectivity index (χ0) is 55.8. The van der Waals surface area contributed by atoms with Crippen LogP contribution in [0.2, 0.25) is 0 Å². The van der Waals surface area contributed by atoms with E-state index in [-0.39, 0.29) is 54.3 Å². The molecule has 19 heteroatoms. The van der Waals surface area contributed by atoms with Crippen LogP contribution in [0.15, 0.2) is 194 Å². The highest BCUT2D eigenvalue weighted by Crippen LogP contribution is 2.46. The number of non-ortho nitro benzene ring substituents is 4. The summed E-state index contributed by atoms with van der Waals surface area (Å²) in [5, 5.41) is 46.3. The van der Waals surface area contributed by atoms with E-state index in [1.165, 1.54) is 70.8 Å². The molecule has 0 spiro atoms. The van der Waals surface area contributed by atoms with Crippen LogP contribution < -0.4 is 5.32 Å². The third-order valence-electron chi connectivity index (χ3n) is 13.5. The molecule has 0 aromatic heterocycles. The molecule has 0 saturated carbocycles. The molecular weight excluding hydrogens is 1030 g/mol. The second kappa shape index (κ2) is 26.4. The normalized spacial score (nSPS) is 11.7. The Labute approximate surface area is 458 Å². The number of hydrogen-bond donors (Lipinski definition) is 1. The lowest BCUT2D eigenvalue weighted by Gasteiger charge is -2.24. The summed E-state index contributed by atoms with van der Waals surface area (Å²) in [5.74, 6) is -0.00246. The van der Waals surface area contributed by atoms with Crippen LogP contribution in [0.1, 0.15) is 56.3 Å². The molecule has 2 aliphatic rings. The van der Waals surface area contributed by atoms with Crippen LogP contribution >= 0.6 is 11.6 Å². The van der Waals surface area contributed by atoms with Gasteiger partial charge in [0.25, 0.3) is 22.7 Å². The number of carbonyl (C=O) groups is 2. The fraction of sp³-hybridized carbons (Fsp3) is 0.167. The fourth-order valence-electron chi connectivity index (χ4n) is 9.49. The van der Waals surface area contributed by atoms with Crippen molar-refractivity contribution in [1.82, 2.24) is 10.2 Å². The van der Waals surface area contributed by atoms with E-state index in [0.717, 1.165) is 57.5 Å². The molecule has 0 unspecified atom stereocenters. The van der Waals surface area contributed by atoms with Crippen LogP contribution in [0.4, 0.5) is 32.3 Å². The SMILES string of the molecule is O=C(Cl)OCC1c2ccccc2-c2ccccc21.O=C(OCC1c2ccccc2-c2ccccc21)N(CCc1ccc([N+](=O)[O-])cc1)Cc1ccc([N+](=O)[O-])cc1.O=[N+]([O-])c1ccc(CCNCc2ccc([N+](=O)[O-])cc2)cc1. The molecule has 0 radical (unpaired) electrons. The summed E-state index contributed by atoms with van der Waals surface area (Å²) >= 11 is 5.25. The van der Waals surface area contributed by atoms with Crippen molar-refractivity contribution in [2.75, 3.05) is 26.3 Å². The van der Waals surface area contributed by atoms with Gasteiger partial charge in [-0.3, -0.25) is 40.5 Å². The topological polar surface area (TPSA) is 240 Å². The van der Waals surface area contributed by atoms with Gasteiger partial charge in [-0.05, 0) is 86.1 Å². The zero-order valence-electron chi connectivity index (χ0n) is 42.3. The van der Waals surface area contributed by atoms with Crippen molar-refractivity contribution in [2.45, 2.75) is 37.8 Å². The molecule has 8 aromatic rings. The van der Waals surface area contributed by atoms with Gasteiger partial charge in [-0.15, -0.1) is 0 Å².